The number of esters is 1. The lowest BCUT2D eigenvalue weighted by atomic mass is 10.1. The van der Waals surface area contributed by atoms with Crippen LogP contribution in [-0.2, 0) is 11.3 Å². The van der Waals surface area contributed by atoms with Crippen molar-refractivity contribution in [2.75, 3.05) is 19.1 Å². The Kier molecular flexibility index (Phi) is 4.16. The fraction of sp³-hybridized carbons (Fsp3) is 0.286. The van der Waals surface area contributed by atoms with E-state index in [4.69, 9.17) is 0 Å². The summed E-state index contributed by atoms with van der Waals surface area (Å²) >= 11 is 1.34. The van der Waals surface area contributed by atoms with Crippen LogP contribution < -0.4 is 4.90 Å². The van der Waals surface area contributed by atoms with E-state index in [1.165, 1.54) is 29.6 Å². The summed E-state index contributed by atoms with van der Waals surface area (Å²) in [5.41, 5.74) is 2.50. The molecule has 2 rings (SSSR count). The third kappa shape index (κ3) is 3.12. The SMILES string of the molecule is COC(=O)c1cnc(N(C)Cc2ccccc2C)s1. The molecule has 0 N–H and O–H groups in total. The summed E-state index contributed by atoms with van der Waals surface area (Å²) in [5, 5.41) is 0.809. The van der Waals surface area contributed by atoms with Crippen LogP contribution in [0.5, 0.6) is 0 Å². The first-order chi connectivity index (χ1) is 9.11. The average molecular weight is 276 g/mol. The van der Waals surface area contributed by atoms with Crippen LogP contribution in [0, 0.1) is 6.92 Å². The summed E-state index contributed by atoms with van der Waals surface area (Å²) in [5.74, 6) is -0.340. The molecule has 1 heterocycles. The number of aromatic nitrogens is 1. The Labute approximate surface area is 116 Å². The smallest absolute Gasteiger partial charge is 0.349 e. The van der Waals surface area contributed by atoms with Gasteiger partial charge in [0.05, 0.1) is 13.3 Å². The molecular formula is C14H16N2O2S. The minimum atomic E-state index is -0.340. The third-order valence-corrected chi connectivity index (χ3v) is 3.97. The molecule has 5 heteroatoms. The van der Waals surface area contributed by atoms with Crippen LogP contribution in [0.3, 0.4) is 0 Å². The third-order valence-electron chi connectivity index (χ3n) is 2.88. The van der Waals surface area contributed by atoms with Crippen LogP contribution in [0.1, 0.15) is 20.8 Å². The molecule has 0 spiro atoms. The number of hydrogen-bond donors (Lipinski definition) is 0. The summed E-state index contributed by atoms with van der Waals surface area (Å²) in [6, 6.07) is 8.24. The van der Waals surface area contributed by atoms with E-state index in [0.717, 1.165) is 11.7 Å². The van der Waals surface area contributed by atoms with Gasteiger partial charge in [-0.15, -0.1) is 0 Å². The number of thiazole rings is 1. The topological polar surface area (TPSA) is 42.4 Å². The van der Waals surface area contributed by atoms with Crippen molar-refractivity contribution in [3.05, 3.63) is 46.5 Å². The number of rotatable bonds is 4. The zero-order valence-corrected chi connectivity index (χ0v) is 12.0. The van der Waals surface area contributed by atoms with Crippen LogP contribution in [0.15, 0.2) is 30.5 Å². The number of nitrogens with zero attached hydrogens (tertiary/aromatic N) is 2. The normalized spacial score (nSPS) is 10.3. The van der Waals surface area contributed by atoms with Gasteiger partial charge in [-0.3, -0.25) is 0 Å². The molecule has 1 aromatic carbocycles. The minimum absolute atomic E-state index is 0.340. The van der Waals surface area contributed by atoms with E-state index < -0.39 is 0 Å². The molecular weight excluding hydrogens is 260 g/mol. The lowest BCUT2D eigenvalue weighted by Gasteiger charge is -2.17. The first-order valence-electron chi connectivity index (χ1n) is 5.91. The highest BCUT2D eigenvalue weighted by Gasteiger charge is 2.13. The quantitative estimate of drug-likeness (QED) is 0.805. The molecule has 2 aromatic rings. The first kappa shape index (κ1) is 13.5. The van der Waals surface area contributed by atoms with E-state index in [-0.39, 0.29) is 5.97 Å². The number of ether oxygens (including phenoxy) is 1. The number of carbonyl (C=O) groups excluding carboxylic acids is 1. The largest absolute Gasteiger partial charge is 0.465 e. The van der Waals surface area contributed by atoms with Gasteiger partial charge in [0.25, 0.3) is 0 Å². The van der Waals surface area contributed by atoms with Crippen molar-refractivity contribution in [2.45, 2.75) is 13.5 Å². The van der Waals surface area contributed by atoms with Gasteiger partial charge in [0.15, 0.2) is 5.13 Å². The van der Waals surface area contributed by atoms with Gasteiger partial charge in [-0.1, -0.05) is 35.6 Å². The highest BCUT2D eigenvalue weighted by molar-refractivity contribution is 7.17. The van der Waals surface area contributed by atoms with Gasteiger partial charge in [0, 0.05) is 13.6 Å². The molecule has 0 aliphatic heterocycles. The molecule has 0 aliphatic rings. The molecule has 4 nitrogen and oxygen atoms in total. The molecule has 0 aliphatic carbocycles. The lowest BCUT2D eigenvalue weighted by Crippen LogP contribution is -2.16. The molecule has 100 valence electrons. The zero-order valence-electron chi connectivity index (χ0n) is 11.2. The second-order valence-electron chi connectivity index (χ2n) is 4.28. The van der Waals surface area contributed by atoms with Gasteiger partial charge >= 0.3 is 5.97 Å². The average Bonchev–Trinajstić information content (AvgIpc) is 2.90. The van der Waals surface area contributed by atoms with Crippen LogP contribution in [-0.4, -0.2) is 25.1 Å². The van der Waals surface area contributed by atoms with Gasteiger partial charge in [0.2, 0.25) is 0 Å². The summed E-state index contributed by atoms with van der Waals surface area (Å²) in [4.78, 5) is 18.2. The number of benzene rings is 1. The van der Waals surface area contributed by atoms with E-state index in [1.54, 1.807) is 6.20 Å². The van der Waals surface area contributed by atoms with Crippen molar-refractivity contribution in [1.82, 2.24) is 4.98 Å². The number of methoxy groups -OCH3 is 1. The van der Waals surface area contributed by atoms with E-state index in [2.05, 4.69) is 28.8 Å². The molecule has 0 fully saturated rings. The Morgan fingerprint density at radius 2 is 2.16 bits per heavy atom. The molecule has 1 aromatic heterocycles. The summed E-state index contributed by atoms with van der Waals surface area (Å²) in [6.07, 6.45) is 1.56. The van der Waals surface area contributed by atoms with Gasteiger partial charge in [-0.2, -0.15) is 0 Å². The van der Waals surface area contributed by atoms with Crippen LogP contribution in [0.4, 0.5) is 5.13 Å². The minimum Gasteiger partial charge on any atom is -0.465 e. The molecule has 0 saturated carbocycles. The molecule has 0 saturated heterocycles. The Morgan fingerprint density at radius 1 is 1.42 bits per heavy atom. The molecule has 0 bridgehead atoms. The Hall–Kier alpha value is -1.88. The van der Waals surface area contributed by atoms with E-state index >= 15 is 0 Å². The molecule has 0 atom stereocenters. The van der Waals surface area contributed by atoms with Crippen LogP contribution in [0.25, 0.3) is 0 Å². The molecule has 19 heavy (non-hydrogen) atoms. The summed E-state index contributed by atoms with van der Waals surface area (Å²) in [7, 11) is 3.34. The van der Waals surface area contributed by atoms with Gasteiger partial charge < -0.3 is 9.64 Å². The number of anilines is 1. The number of carbonyl (C=O) groups is 1. The first-order valence-corrected chi connectivity index (χ1v) is 6.73. The number of aryl methyl sites for hydroxylation is 1. The maximum absolute atomic E-state index is 11.4. The van der Waals surface area contributed by atoms with Crippen LogP contribution in [0.2, 0.25) is 0 Å². The van der Waals surface area contributed by atoms with Crippen molar-refractivity contribution in [3.8, 4) is 0 Å². The Morgan fingerprint density at radius 3 is 2.84 bits per heavy atom. The predicted octanol–water partition coefficient (Wildman–Crippen LogP) is 2.87. The fourth-order valence-electron chi connectivity index (χ4n) is 1.75. The van der Waals surface area contributed by atoms with Crippen molar-refractivity contribution in [1.29, 1.82) is 0 Å². The monoisotopic (exact) mass is 276 g/mol. The second-order valence-corrected chi connectivity index (χ2v) is 5.29. The van der Waals surface area contributed by atoms with Crippen molar-refractivity contribution in [2.24, 2.45) is 0 Å². The summed E-state index contributed by atoms with van der Waals surface area (Å²) in [6.45, 7) is 2.85. The molecule has 0 unspecified atom stereocenters. The van der Waals surface area contributed by atoms with Crippen LogP contribution >= 0.6 is 11.3 Å². The Bertz CT molecular complexity index is 580. The van der Waals surface area contributed by atoms with Gasteiger partial charge in [0.1, 0.15) is 4.88 Å². The highest BCUT2D eigenvalue weighted by Crippen LogP contribution is 2.24. The Balaban J connectivity index is 2.12. The number of hydrogen-bond acceptors (Lipinski definition) is 5. The second kappa shape index (κ2) is 5.84. The van der Waals surface area contributed by atoms with Gasteiger partial charge in [-0.25, -0.2) is 9.78 Å². The zero-order chi connectivity index (χ0) is 13.8. The lowest BCUT2D eigenvalue weighted by molar-refractivity contribution is 0.0606. The molecule has 0 radical (unpaired) electrons. The van der Waals surface area contributed by atoms with Crippen molar-refractivity contribution in [3.63, 3.8) is 0 Å². The molecule has 0 amide bonds. The van der Waals surface area contributed by atoms with Crippen molar-refractivity contribution >= 4 is 22.4 Å². The summed E-state index contributed by atoms with van der Waals surface area (Å²) < 4.78 is 4.68. The predicted molar refractivity (Wildman–Crippen MR) is 76.7 cm³/mol. The maximum Gasteiger partial charge on any atom is 0.349 e. The maximum atomic E-state index is 11.4. The highest BCUT2D eigenvalue weighted by atomic mass is 32.1. The van der Waals surface area contributed by atoms with Gasteiger partial charge in [-0.05, 0) is 18.1 Å². The van der Waals surface area contributed by atoms with Crippen molar-refractivity contribution < 1.29 is 9.53 Å². The standard InChI is InChI=1S/C14H16N2O2S/c1-10-6-4-5-7-11(10)9-16(2)14-15-8-12(19-14)13(17)18-3/h4-8H,9H2,1-3H3. The van der Waals surface area contributed by atoms with E-state index in [9.17, 15) is 4.79 Å². The fourth-order valence-corrected chi connectivity index (χ4v) is 2.54. The van der Waals surface area contributed by atoms with E-state index in [0.29, 0.717) is 4.88 Å². The van der Waals surface area contributed by atoms with E-state index in [1.807, 2.05) is 24.1 Å².